The van der Waals surface area contributed by atoms with Gasteiger partial charge in [-0.1, -0.05) is 0 Å². The minimum Gasteiger partial charge on any atom is -0.317 e. The van der Waals surface area contributed by atoms with Gasteiger partial charge in [0.1, 0.15) is 0 Å². The van der Waals surface area contributed by atoms with Crippen molar-refractivity contribution in [2.24, 2.45) is 0 Å². The number of piperidine rings is 1. The minimum atomic E-state index is 0.182. The van der Waals surface area contributed by atoms with Crippen LogP contribution < -0.4 is 16.2 Å². The molecule has 0 atom stereocenters. The van der Waals surface area contributed by atoms with Crippen molar-refractivity contribution in [1.29, 1.82) is 0 Å². The van der Waals surface area contributed by atoms with Gasteiger partial charge < -0.3 is 10.6 Å². The summed E-state index contributed by atoms with van der Waals surface area (Å²) in [7, 11) is 0. The van der Waals surface area contributed by atoms with Gasteiger partial charge in [0.2, 0.25) is 0 Å². The van der Waals surface area contributed by atoms with Gasteiger partial charge in [-0.25, -0.2) is 4.68 Å². The molecule has 5 nitrogen and oxygen atoms in total. The van der Waals surface area contributed by atoms with Crippen molar-refractivity contribution in [1.82, 2.24) is 20.4 Å². The Morgan fingerprint density at radius 1 is 1.13 bits per heavy atom. The summed E-state index contributed by atoms with van der Waals surface area (Å²) in [6.07, 6.45) is 2.10. The third-order valence-electron chi connectivity index (χ3n) is 3.37. The topological polar surface area (TPSA) is 61.9 Å². The summed E-state index contributed by atoms with van der Waals surface area (Å²) in [5.74, 6) is 0. The number of nitrogens with one attached hydrogen (secondary N) is 3. The Bertz CT molecular complexity index is 414. The highest BCUT2D eigenvalue weighted by molar-refractivity contribution is 5.21. The normalized spacial score (nSPS) is 21.9. The molecular weight excluding hydrogens is 192 g/mol. The third-order valence-corrected chi connectivity index (χ3v) is 3.37. The third kappa shape index (κ3) is 1.42. The van der Waals surface area contributed by atoms with Gasteiger partial charge >= 0.3 is 0 Å². The molecule has 0 bridgehead atoms. The van der Waals surface area contributed by atoms with E-state index in [4.69, 9.17) is 0 Å². The van der Waals surface area contributed by atoms with Crippen LogP contribution in [-0.2, 0) is 13.1 Å². The molecule has 0 unspecified atom stereocenters. The van der Waals surface area contributed by atoms with Crippen molar-refractivity contribution in [2.45, 2.75) is 32.0 Å². The Balaban J connectivity index is 1.95. The maximum absolute atomic E-state index is 12.0. The van der Waals surface area contributed by atoms with Gasteiger partial charge in [-0.05, 0) is 25.9 Å². The summed E-state index contributed by atoms with van der Waals surface area (Å²) in [5.41, 5.74) is 2.20. The second-order valence-electron chi connectivity index (χ2n) is 4.33. The van der Waals surface area contributed by atoms with Crippen molar-refractivity contribution in [3.8, 4) is 0 Å². The van der Waals surface area contributed by atoms with Crippen LogP contribution in [-0.4, -0.2) is 22.9 Å². The van der Waals surface area contributed by atoms with E-state index in [0.717, 1.165) is 50.3 Å². The smallest absolute Gasteiger partial charge is 0.271 e. The van der Waals surface area contributed by atoms with Crippen LogP contribution in [0.15, 0.2) is 4.79 Å². The van der Waals surface area contributed by atoms with E-state index >= 15 is 0 Å². The Morgan fingerprint density at radius 3 is 2.67 bits per heavy atom. The minimum absolute atomic E-state index is 0.182. The van der Waals surface area contributed by atoms with Crippen LogP contribution in [0.4, 0.5) is 0 Å². The zero-order chi connectivity index (χ0) is 10.3. The fraction of sp³-hybridized carbons (Fsp3) is 0.700. The molecule has 0 radical (unpaired) electrons. The van der Waals surface area contributed by atoms with Gasteiger partial charge in [-0.15, -0.1) is 0 Å². The van der Waals surface area contributed by atoms with Crippen molar-refractivity contribution in [3.63, 3.8) is 0 Å². The van der Waals surface area contributed by atoms with Crippen LogP contribution >= 0.6 is 0 Å². The average Bonchev–Trinajstić information content (AvgIpc) is 2.83. The lowest BCUT2D eigenvalue weighted by molar-refractivity contribution is 0.334. The van der Waals surface area contributed by atoms with Crippen LogP contribution in [0.25, 0.3) is 0 Å². The van der Waals surface area contributed by atoms with Crippen molar-refractivity contribution in [3.05, 3.63) is 21.6 Å². The molecular formula is C10H16N4O. The summed E-state index contributed by atoms with van der Waals surface area (Å²) in [5, 5.41) is 9.74. The second-order valence-corrected chi connectivity index (χ2v) is 4.33. The lowest BCUT2D eigenvalue weighted by Gasteiger charge is -2.23. The van der Waals surface area contributed by atoms with E-state index in [0.29, 0.717) is 6.04 Å². The number of H-pyrrole nitrogens is 1. The lowest BCUT2D eigenvalue weighted by atomic mass is 10.1. The number of aromatic nitrogens is 2. The van der Waals surface area contributed by atoms with E-state index in [9.17, 15) is 4.79 Å². The number of aromatic amines is 1. The molecule has 2 aliphatic heterocycles. The molecule has 82 valence electrons. The maximum Gasteiger partial charge on any atom is 0.271 e. The first kappa shape index (κ1) is 9.18. The molecule has 1 aromatic heterocycles. The SMILES string of the molecule is O=c1c2c([nH]n1C1CCNCC1)CNC2. The molecule has 1 aromatic rings. The van der Waals surface area contributed by atoms with E-state index in [-0.39, 0.29) is 5.56 Å². The second kappa shape index (κ2) is 3.50. The summed E-state index contributed by atoms with van der Waals surface area (Å²) < 4.78 is 1.84. The first-order valence-corrected chi connectivity index (χ1v) is 5.60. The summed E-state index contributed by atoms with van der Waals surface area (Å²) >= 11 is 0. The number of hydrogen-bond acceptors (Lipinski definition) is 3. The molecule has 0 spiro atoms. The number of rotatable bonds is 1. The van der Waals surface area contributed by atoms with Gasteiger partial charge in [-0.3, -0.25) is 9.89 Å². The molecule has 2 aliphatic rings. The molecule has 3 N–H and O–H groups in total. The Morgan fingerprint density at radius 2 is 1.93 bits per heavy atom. The monoisotopic (exact) mass is 208 g/mol. The molecule has 3 heterocycles. The van der Waals surface area contributed by atoms with Crippen LogP contribution in [0.3, 0.4) is 0 Å². The van der Waals surface area contributed by atoms with Gasteiger partial charge in [0, 0.05) is 13.1 Å². The molecule has 15 heavy (non-hydrogen) atoms. The molecule has 3 rings (SSSR count). The highest BCUT2D eigenvalue weighted by Crippen LogP contribution is 2.18. The van der Waals surface area contributed by atoms with Crippen molar-refractivity contribution < 1.29 is 0 Å². The summed E-state index contributed by atoms with van der Waals surface area (Å²) in [6, 6.07) is 0.365. The predicted octanol–water partition coefficient (Wildman–Crippen LogP) is -0.296. The molecule has 0 amide bonds. The molecule has 0 aromatic carbocycles. The van der Waals surface area contributed by atoms with Gasteiger partial charge in [0.15, 0.2) is 0 Å². The maximum atomic E-state index is 12.0. The van der Waals surface area contributed by atoms with Crippen molar-refractivity contribution >= 4 is 0 Å². The fourth-order valence-corrected chi connectivity index (χ4v) is 2.50. The Hall–Kier alpha value is -1.07. The molecule has 0 aliphatic carbocycles. The Labute approximate surface area is 87.8 Å². The van der Waals surface area contributed by atoms with Crippen LogP contribution in [0.1, 0.15) is 30.1 Å². The first-order chi connectivity index (χ1) is 7.36. The molecule has 1 saturated heterocycles. The number of fused-ring (bicyclic) bond motifs is 1. The zero-order valence-corrected chi connectivity index (χ0v) is 8.68. The van der Waals surface area contributed by atoms with E-state index in [2.05, 4.69) is 15.7 Å². The van der Waals surface area contributed by atoms with Crippen LogP contribution in [0.5, 0.6) is 0 Å². The van der Waals surface area contributed by atoms with Crippen LogP contribution in [0.2, 0.25) is 0 Å². The predicted molar refractivity (Wildman–Crippen MR) is 56.7 cm³/mol. The van der Waals surface area contributed by atoms with Crippen molar-refractivity contribution in [2.75, 3.05) is 13.1 Å². The summed E-state index contributed by atoms with van der Waals surface area (Å²) in [4.78, 5) is 12.0. The Kier molecular flexibility index (Phi) is 2.14. The van der Waals surface area contributed by atoms with Gasteiger partial charge in [0.05, 0.1) is 17.3 Å². The zero-order valence-electron chi connectivity index (χ0n) is 8.68. The largest absolute Gasteiger partial charge is 0.317 e. The van der Waals surface area contributed by atoms with E-state index < -0.39 is 0 Å². The number of hydrogen-bond donors (Lipinski definition) is 3. The molecule has 1 fully saturated rings. The molecule has 5 heteroatoms. The summed E-state index contributed by atoms with van der Waals surface area (Å²) in [6.45, 7) is 3.56. The van der Waals surface area contributed by atoms with E-state index in [1.807, 2.05) is 4.68 Å². The lowest BCUT2D eigenvalue weighted by Crippen LogP contribution is -2.34. The van der Waals surface area contributed by atoms with Crippen LogP contribution in [0, 0.1) is 0 Å². The highest BCUT2D eigenvalue weighted by atomic mass is 16.1. The van der Waals surface area contributed by atoms with Gasteiger partial charge in [-0.2, -0.15) is 0 Å². The molecule has 0 saturated carbocycles. The van der Waals surface area contributed by atoms with Gasteiger partial charge in [0.25, 0.3) is 5.56 Å². The quantitative estimate of drug-likeness (QED) is 0.594. The van der Waals surface area contributed by atoms with E-state index in [1.54, 1.807) is 0 Å². The first-order valence-electron chi connectivity index (χ1n) is 5.60. The fourth-order valence-electron chi connectivity index (χ4n) is 2.50. The average molecular weight is 208 g/mol. The number of nitrogens with zero attached hydrogens (tertiary/aromatic N) is 1. The highest BCUT2D eigenvalue weighted by Gasteiger charge is 2.23. The van der Waals surface area contributed by atoms with E-state index in [1.165, 1.54) is 0 Å². The standard InChI is InChI=1S/C10H16N4O/c15-10-8-5-12-6-9(8)13-14(10)7-1-3-11-4-2-7/h7,11-13H,1-6H2.